The van der Waals surface area contributed by atoms with Gasteiger partial charge in [0.2, 0.25) is 11.8 Å². The maximum Gasteiger partial charge on any atom is 0.241 e. The highest BCUT2D eigenvalue weighted by Gasteiger charge is 2.28. The van der Waals surface area contributed by atoms with Crippen LogP contribution in [0.3, 0.4) is 0 Å². The maximum atomic E-state index is 15.0. The summed E-state index contributed by atoms with van der Waals surface area (Å²) in [6, 6.07) is 24.5. The normalized spacial score (nSPS) is 11.7. The first-order valence-electron chi connectivity index (χ1n) is 11.6. The molecule has 0 aliphatic rings. The third-order valence-corrected chi connectivity index (χ3v) is 5.92. The van der Waals surface area contributed by atoms with Crippen molar-refractivity contribution in [3.05, 3.63) is 120 Å². The summed E-state index contributed by atoms with van der Waals surface area (Å²) < 4.78 is 20.7. The zero-order chi connectivity index (χ0) is 25.8. The van der Waals surface area contributed by atoms with E-state index in [4.69, 9.17) is 10.5 Å². The molecule has 0 aliphatic carbocycles. The molecule has 2 heterocycles. The summed E-state index contributed by atoms with van der Waals surface area (Å²) in [5.74, 6) is -3.32. The summed E-state index contributed by atoms with van der Waals surface area (Å²) in [7, 11) is 0. The molecule has 37 heavy (non-hydrogen) atoms. The van der Waals surface area contributed by atoms with Crippen molar-refractivity contribution in [3.8, 4) is 11.5 Å². The van der Waals surface area contributed by atoms with Gasteiger partial charge in [-0.1, -0.05) is 48.5 Å². The number of H-pyrrole nitrogens is 1. The summed E-state index contributed by atoms with van der Waals surface area (Å²) in [6.07, 6.45) is 3.93. The molecule has 1 atom stereocenters. The molecule has 0 saturated heterocycles. The van der Waals surface area contributed by atoms with E-state index in [9.17, 15) is 9.59 Å². The van der Waals surface area contributed by atoms with Crippen molar-refractivity contribution in [2.75, 3.05) is 5.32 Å². The Hall–Kier alpha value is -4.98. The van der Waals surface area contributed by atoms with Crippen LogP contribution in [0.5, 0.6) is 11.5 Å². The zero-order valence-corrected chi connectivity index (χ0v) is 19.6. The van der Waals surface area contributed by atoms with E-state index in [1.807, 2.05) is 48.5 Å². The Morgan fingerprint density at radius 1 is 0.946 bits per heavy atom. The predicted octanol–water partition coefficient (Wildman–Crippen LogP) is 5.29. The van der Waals surface area contributed by atoms with Crippen molar-refractivity contribution < 1.29 is 18.7 Å². The average Bonchev–Trinajstić information content (AvgIpc) is 3.36. The maximum absolute atomic E-state index is 15.0. The van der Waals surface area contributed by atoms with Gasteiger partial charge < -0.3 is 20.8 Å². The fourth-order valence-electron chi connectivity index (χ4n) is 4.17. The van der Waals surface area contributed by atoms with Gasteiger partial charge in [-0.25, -0.2) is 9.37 Å². The standard InChI is InChI=1S/C29H23FN4O3/c30-23-17-20(9-10-25(23)37-24-12-14-33-28-22(24)11-13-32-28)26(27(31)35)29(36)34-21-8-4-7-19(16-21)15-18-5-2-1-3-6-18/h1-14,16-17,26H,15H2,(H2,31,35)(H,32,33)(H,34,36). The molecule has 0 spiro atoms. The molecule has 184 valence electrons. The minimum atomic E-state index is -1.39. The molecule has 7 nitrogen and oxygen atoms in total. The van der Waals surface area contributed by atoms with E-state index in [1.54, 1.807) is 30.6 Å². The Labute approximate surface area is 212 Å². The molecule has 3 aromatic carbocycles. The highest BCUT2D eigenvalue weighted by atomic mass is 19.1. The van der Waals surface area contributed by atoms with Crippen molar-refractivity contribution in [1.29, 1.82) is 0 Å². The molecule has 5 aromatic rings. The number of amides is 2. The molecule has 0 aliphatic heterocycles. The second-order valence-electron chi connectivity index (χ2n) is 8.53. The van der Waals surface area contributed by atoms with Gasteiger partial charge in [-0.05, 0) is 59.5 Å². The quantitative estimate of drug-likeness (QED) is 0.255. The van der Waals surface area contributed by atoms with E-state index in [1.165, 1.54) is 12.1 Å². The average molecular weight is 495 g/mol. The number of nitrogens with zero attached hydrogens (tertiary/aromatic N) is 1. The minimum absolute atomic E-state index is 0.0605. The van der Waals surface area contributed by atoms with Crippen LogP contribution < -0.4 is 15.8 Å². The number of aromatic nitrogens is 2. The number of anilines is 1. The lowest BCUT2D eigenvalue weighted by Crippen LogP contribution is -2.32. The molecule has 0 fully saturated rings. The minimum Gasteiger partial charge on any atom is -0.453 e. The second-order valence-corrected chi connectivity index (χ2v) is 8.53. The lowest BCUT2D eigenvalue weighted by Gasteiger charge is -2.16. The van der Waals surface area contributed by atoms with E-state index in [2.05, 4.69) is 15.3 Å². The fraction of sp³-hybridized carbons (Fsp3) is 0.0690. The van der Waals surface area contributed by atoms with Crippen molar-refractivity contribution in [2.45, 2.75) is 12.3 Å². The Kier molecular flexibility index (Phi) is 6.63. The van der Waals surface area contributed by atoms with Gasteiger partial charge in [0.15, 0.2) is 11.6 Å². The summed E-state index contributed by atoms with van der Waals surface area (Å²) in [6.45, 7) is 0. The van der Waals surface area contributed by atoms with Crippen LogP contribution in [-0.4, -0.2) is 21.8 Å². The molecule has 5 rings (SSSR count). The summed E-state index contributed by atoms with van der Waals surface area (Å²) >= 11 is 0. The van der Waals surface area contributed by atoms with Crippen LogP contribution >= 0.6 is 0 Å². The summed E-state index contributed by atoms with van der Waals surface area (Å²) in [5.41, 5.74) is 8.91. The van der Waals surface area contributed by atoms with Crippen molar-refractivity contribution >= 4 is 28.5 Å². The Balaban J connectivity index is 1.34. The van der Waals surface area contributed by atoms with Crippen LogP contribution in [0.2, 0.25) is 0 Å². The SMILES string of the molecule is NC(=O)C(C(=O)Nc1cccc(Cc2ccccc2)c1)c1ccc(Oc2ccnc3[nH]ccc23)c(F)c1. The Morgan fingerprint density at radius 3 is 2.54 bits per heavy atom. The van der Waals surface area contributed by atoms with Crippen molar-refractivity contribution in [3.63, 3.8) is 0 Å². The largest absolute Gasteiger partial charge is 0.453 e. The number of nitrogens with one attached hydrogen (secondary N) is 2. The number of carbonyl (C=O) groups is 2. The van der Waals surface area contributed by atoms with Gasteiger partial charge in [-0.2, -0.15) is 0 Å². The summed E-state index contributed by atoms with van der Waals surface area (Å²) in [4.78, 5) is 32.4. The number of aromatic amines is 1. The molecular formula is C29H23FN4O3. The number of benzene rings is 3. The van der Waals surface area contributed by atoms with Crippen molar-refractivity contribution in [1.82, 2.24) is 9.97 Å². The number of pyridine rings is 1. The number of carbonyl (C=O) groups excluding carboxylic acids is 2. The van der Waals surface area contributed by atoms with Gasteiger partial charge in [0.25, 0.3) is 0 Å². The van der Waals surface area contributed by atoms with Crippen LogP contribution in [0.4, 0.5) is 10.1 Å². The van der Waals surface area contributed by atoms with Gasteiger partial charge in [0.1, 0.15) is 17.3 Å². The third kappa shape index (κ3) is 5.33. The predicted molar refractivity (Wildman–Crippen MR) is 139 cm³/mol. The lowest BCUT2D eigenvalue weighted by molar-refractivity contribution is -0.127. The molecule has 1 unspecified atom stereocenters. The molecule has 2 aromatic heterocycles. The van der Waals surface area contributed by atoms with E-state index in [0.717, 1.165) is 17.2 Å². The molecule has 8 heteroatoms. The number of hydrogen-bond acceptors (Lipinski definition) is 4. The van der Waals surface area contributed by atoms with Crippen LogP contribution in [-0.2, 0) is 16.0 Å². The van der Waals surface area contributed by atoms with Crippen molar-refractivity contribution in [2.24, 2.45) is 5.73 Å². The van der Waals surface area contributed by atoms with Gasteiger partial charge in [-0.3, -0.25) is 9.59 Å². The fourth-order valence-corrected chi connectivity index (χ4v) is 4.17. The summed E-state index contributed by atoms with van der Waals surface area (Å²) in [5, 5.41) is 3.42. The molecule has 2 amide bonds. The Bertz CT molecular complexity index is 1580. The molecule has 0 bridgehead atoms. The molecular weight excluding hydrogens is 471 g/mol. The monoisotopic (exact) mass is 494 g/mol. The number of fused-ring (bicyclic) bond motifs is 1. The van der Waals surface area contributed by atoms with Gasteiger partial charge in [0.05, 0.1) is 5.39 Å². The van der Waals surface area contributed by atoms with Gasteiger partial charge >= 0.3 is 0 Å². The molecule has 4 N–H and O–H groups in total. The lowest BCUT2D eigenvalue weighted by atomic mass is 9.96. The zero-order valence-electron chi connectivity index (χ0n) is 19.6. The number of ether oxygens (including phenoxy) is 1. The highest BCUT2D eigenvalue weighted by Crippen LogP contribution is 2.32. The third-order valence-electron chi connectivity index (χ3n) is 5.92. The number of primary amides is 1. The second kappa shape index (κ2) is 10.3. The Morgan fingerprint density at radius 2 is 1.76 bits per heavy atom. The number of nitrogens with two attached hydrogens (primary N) is 1. The van der Waals surface area contributed by atoms with E-state index in [0.29, 0.717) is 28.9 Å². The number of rotatable bonds is 8. The number of halogens is 1. The van der Waals surface area contributed by atoms with E-state index >= 15 is 4.39 Å². The first-order valence-corrected chi connectivity index (χ1v) is 11.6. The van der Waals surface area contributed by atoms with Crippen LogP contribution in [0, 0.1) is 5.82 Å². The smallest absolute Gasteiger partial charge is 0.241 e. The first kappa shape index (κ1) is 23.7. The topological polar surface area (TPSA) is 110 Å². The molecule has 0 radical (unpaired) electrons. The highest BCUT2D eigenvalue weighted by molar-refractivity contribution is 6.10. The van der Waals surface area contributed by atoms with Crippen LogP contribution in [0.15, 0.2) is 97.3 Å². The van der Waals surface area contributed by atoms with Crippen LogP contribution in [0.1, 0.15) is 22.6 Å². The van der Waals surface area contributed by atoms with Gasteiger partial charge in [-0.15, -0.1) is 0 Å². The number of hydrogen-bond donors (Lipinski definition) is 3. The van der Waals surface area contributed by atoms with E-state index < -0.39 is 23.5 Å². The van der Waals surface area contributed by atoms with E-state index in [-0.39, 0.29) is 11.3 Å². The first-order chi connectivity index (χ1) is 18.0. The molecule has 0 saturated carbocycles. The van der Waals surface area contributed by atoms with Crippen LogP contribution in [0.25, 0.3) is 11.0 Å². The van der Waals surface area contributed by atoms with Gasteiger partial charge in [0, 0.05) is 18.1 Å².